The molecule has 3 heterocycles. The monoisotopic (exact) mass is 591 g/mol. The zero-order valence-electron chi connectivity index (χ0n) is 22.7. The highest BCUT2D eigenvalue weighted by Crippen LogP contribution is 2.48. The summed E-state index contributed by atoms with van der Waals surface area (Å²) >= 11 is 1.26. The Kier molecular flexibility index (Phi) is 6.88. The highest BCUT2D eigenvalue weighted by atomic mass is 32.1. The lowest BCUT2D eigenvalue weighted by molar-refractivity contribution is -0.274. The molecule has 220 valence electrons. The minimum Gasteiger partial charge on any atom is -0.465 e. The van der Waals surface area contributed by atoms with E-state index in [0.29, 0.717) is 40.7 Å². The van der Waals surface area contributed by atoms with Crippen molar-refractivity contribution in [3.05, 3.63) is 34.7 Å². The average molecular weight is 592 g/mol. The molecule has 0 amide bonds. The van der Waals surface area contributed by atoms with E-state index in [1.165, 1.54) is 49.3 Å². The van der Waals surface area contributed by atoms with Gasteiger partial charge in [0.25, 0.3) is 0 Å². The van der Waals surface area contributed by atoms with E-state index < -0.39 is 18.1 Å². The Morgan fingerprint density at radius 1 is 1.12 bits per heavy atom. The van der Waals surface area contributed by atoms with Gasteiger partial charge >= 0.3 is 12.3 Å². The van der Waals surface area contributed by atoms with Gasteiger partial charge in [0.05, 0.1) is 35.8 Å². The highest BCUT2D eigenvalue weighted by molar-refractivity contribution is 7.22. The van der Waals surface area contributed by atoms with Crippen molar-refractivity contribution >= 4 is 32.7 Å². The Hall–Kier alpha value is -2.86. The van der Waals surface area contributed by atoms with Crippen molar-refractivity contribution in [2.24, 2.45) is 5.92 Å². The Morgan fingerprint density at radius 3 is 2.61 bits per heavy atom. The van der Waals surface area contributed by atoms with E-state index in [-0.39, 0.29) is 23.2 Å². The van der Waals surface area contributed by atoms with E-state index in [9.17, 15) is 18.0 Å². The van der Waals surface area contributed by atoms with Crippen LogP contribution >= 0.6 is 11.3 Å². The average Bonchev–Trinajstić information content (AvgIpc) is 3.29. The van der Waals surface area contributed by atoms with Crippen LogP contribution in [0.25, 0.3) is 10.2 Å². The quantitative estimate of drug-likeness (QED) is 0.257. The minimum absolute atomic E-state index is 0.0160. The summed E-state index contributed by atoms with van der Waals surface area (Å²) in [7, 11) is 1.18. The lowest BCUT2D eigenvalue weighted by Crippen LogP contribution is -2.38. The number of ether oxygens (including phenoxy) is 3. The summed E-state index contributed by atoms with van der Waals surface area (Å²) < 4.78 is 61.2. The molecule has 0 N–H and O–H groups in total. The van der Waals surface area contributed by atoms with Gasteiger partial charge < -0.3 is 23.6 Å². The molecule has 2 bridgehead atoms. The molecule has 0 spiro atoms. The molecule has 1 saturated heterocycles. The molecule has 7 rings (SSSR count). The van der Waals surface area contributed by atoms with Crippen molar-refractivity contribution in [3.8, 4) is 5.75 Å². The topological polar surface area (TPSA) is 86.9 Å². The number of methoxy groups -OCH3 is 1. The number of nitrogens with zero attached hydrogens (tertiary/aromatic N) is 3. The van der Waals surface area contributed by atoms with Crippen molar-refractivity contribution in [3.63, 3.8) is 0 Å². The summed E-state index contributed by atoms with van der Waals surface area (Å²) in [5.41, 5.74) is 2.34. The maximum absolute atomic E-state index is 13.1. The van der Waals surface area contributed by atoms with Crippen LogP contribution in [0.1, 0.15) is 97.0 Å². The molecule has 3 atom stereocenters. The molecule has 3 saturated carbocycles. The van der Waals surface area contributed by atoms with Crippen LogP contribution in [0.3, 0.4) is 0 Å². The summed E-state index contributed by atoms with van der Waals surface area (Å²) in [6, 6.07) is 2.72. The Balaban J connectivity index is 1.07. The Bertz CT molecular complexity index is 1450. The van der Waals surface area contributed by atoms with Gasteiger partial charge in [0.2, 0.25) is 0 Å². The number of carbonyl (C=O) groups excluding carboxylic acids is 1. The standard InChI is InChI=1S/C29H32F3N3O5S/c1-37-27(36)17-10-22(39-29(30,31)32)25-23(11-17)41-28(33-25)35-13-18-9-19(35)12-21(18)38-14-20-24(15-5-3-2-4-6-15)34-40-26(20)16-7-8-16/h10-11,15-16,18-19,21H,2-9,12-14H2,1H3/t18-,19-,21+/m0/s1. The number of hydrogen-bond acceptors (Lipinski definition) is 9. The van der Waals surface area contributed by atoms with Gasteiger partial charge in [0.15, 0.2) is 10.9 Å². The van der Waals surface area contributed by atoms with Crippen molar-refractivity contribution in [1.29, 1.82) is 0 Å². The maximum Gasteiger partial charge on any atom is 0.573 e. The van der Waals surface area contributed by atoms with Crippen LogP contribution < -0.4 is 9.64 Å². The maximum atomic E-state index is 13.1. The largest absolute Gasteiger partial charge is 0.573 e. The molecule has 12 heteroatoms. The minimum atomic E-state index is -4.91. The second-order valence-corrected chi connectivity index (χ2v) is 12.8. The number of halogens is 3. The lowest BCUT2D eigenvalue weighted by Gasteiger charge is -2.31. The van der Waals surface area contributed by atoms with Gasteiger partial charge in [-0.3, -0.25) is 0 Å². The molecule has 0 unspecified atom stereocenters. The number of fused-ring (bicyclic) bond motifs is 3. The van der Waals surface area contributed by atoms with Crippen LogP contribution in [-0.2, 0) is 16.1 Å². The number of benzene rings is 1. The summed E-state index contributed by atoms with van der Waals surface area (Å²) in [5.74, 6) is 1.01. The molecular weight excluding hydrogens is 559 g/mol. The van der Waals surface area contributed by atoms with Gasteiger partial charge in [0.1, 0.15) is 11.3 Å². The molecule has 0 radical (unpaired) electrons. The molecule has 1 aromatic carbocycles. The number of esters is 1. The zero-order chi connectivity index (χ0) is 28.3. The van der Waals surface area contributed by atoms with Crippen LogP contribution in [0, 0.1) is 5.92 Å². The molecule has 2 aromatic heterocycles. The summed E-state index contributed by atoms with van der Waals surface area (Å²) in [5, 5.41) is 5.16. The van der Waals surface area contributed by atoms with Crippen LogP contribution in [-0.4, -0.2) is 48.3 Å². The number of piperidine rings is 1. The van der Waals surface area contributed by atoms with Crippen molar-refractivity contribution in [2.45, 2.75) is 94.7 Å². The number of carbonyl (C=O) groups is 1. The van der Waals surface area contributed by atoms with Crippen LogP contribution in [0.5, 0.6) is 5.75 Å². The first-order valence-electron chi connectivity index (χ1n) is 14.4. The third kappa shape index (κ3) is 5.29. The van der Waals surface area contributed by atoms with E-state index in [1.807, 2.05) is 0 Å². The number of anilines is 1. The summed E-state index contributed by atoms with van der Waals surface area (Å²) in [6.45, 7) is 1.23. The summed E-state index contributed by atoms with van der Waals surface area (Å²) in [4.78, 5) is 18.8. The molecule has 4 fully saturated rings. The molecule has 4 aliphatic rings. The van der Waals surface area contributed by atoms with Gasteiger partial charge in [-0.05, 0) is 50.7 Å². The molecule has 1 aliphatic heterocycles. The van der Waals surface area contributed by atoms with Crippen molar-refractivity contribution in [1.82, 2.24) is 10.1 Å². The van der Waals surface area contributed by atoms with E-state index in [0.717, 1.165) is 56.0 Å². The predicted molar refractivity (Wildman–Crippen MR) is 144 cm³/mol. The van der Waals surface area contributed by atoms with Gasteiger partial charge in [-0.15, -0.1) is 13.2 Å². The zero-order valence-corrected chi connectivity index (χ0v) is 23.6. The smallest absolute Gasteiger partial charge is 0.465 e. The lowest BCUT2D eigenvalue weighted by atomic mass is 9.85. The molecule has 41 heavy (non-hydrogen) atoms. The van der Waals surface area contributed by atoms with Gasteiger partial charge in [-0.1, -0.05) is 35.8 Å². The fraction of sp³-hybridized carbons (Fsp3) is 0.621. The van der Waals surface area contributed by atoms with E-state index >= 15 is 0 Å². The third-order valence-corrected chi connectivity index (χ3v) is 10.1. The first kappa shape index (κ1) is 27.0. The summed E-state index contributed by atoms with van der Waals surface area (Å²) in [6.07, 6.45) is 5.31. The second kappa shape index (κ2) is 10.4. The van der Waals surface area contributed by atoms with Gasteiger partial charge in [-0.25, -0.2) is 9.78 Å². The van der Waals surface area contributed by atoms with Gasteiger partial charge in [0, 0.05) is 35.9 Å². The second-order valence-electron chi connectivity index (χ2n) is 11.8. The third-order valence-electron chi connectivity index (χ3n) is 9.05. The predicted octanol–water partition coefficient (Wildman–Crippen LogP) is 7.08. The number of aromatic nitrogens is 2. The molecule has 3 aliphatic carbocycles. The number of rotatable bonds is 8. The fourth-order valence-corrected chi connectivity index (χ4v) is 8.03. The SMILES string of the molecule is COC(=O)c1cc(OC(F)(F)F)c2nc(N3C[C@@H]4C[C@H]3C[C@H]4OCc3c(C4CCCCC4)noc3C3CC3)sc2c1. The number of alkyl halides is 3. The Morgan fingerprint density at radius 2 is 1.93 bits per heavy atom. The molecule has 8 nitrogen and oxygen atoms in total. The van der Waals surface area contributed by atoms with Crippen molar-refractivity contribution in [2.75, 3.05) is 18.6 Å². The molecule has 3 aromatic rings. The van der Waals surface area contributed by atoms with Crippen LogP contribution in [0.4, 0.5) is 18.3 Å². The molecular formula is C29H32F3N3O5S. The van der Waals surface area contributed by atoms with E-state index in [2.05, 4.69) is 19.8 Å². The number of thiazole rings is 1. The van der Waals surface area contributed by atoms with E-state index in [4.69, 9.17) is 14.0 Å². The number of hydrogen-bond donors (Lipinski definition) is 0. The Labute approximate surface area is 239 Å². The highest BCUT2D eigenvalue weighted by Gasteiger charge is 2.47. The normalized spacial score (nSPS) is 24.9. The van der Waals surface area contributed by atoms with Gasteiger partial charge in [-0.2, -0.15) is 0 Å². The van der Waals surface area contributed by atoms with Crippen LogP contribution in [0.2, 0.25) is 0 Å². The van der Waals surface area contributed by atoms with Crippen molar-refractivity contribution < 1.29 is 36.7 Å². The first-order valence-corrected chi connectivity index (χ1v) is 15.2. The van der Waals surface area contributed by atoms with E-state index in [1.54, 1.807) is 0 Å². The van der Waals surface area contributed by atoms with Crippen LogP contribution in [0.15, 0.2) is 16.7 Å². The first-order chi connectivity index (χ1) is 19.8. The fourth-order valence-electron chi connectivity index (χ4n) is 6.93.